The van der Waals surface area contributed by atoms with E-state index in [1.54, 1.807) is 24.3 Å². The van der Waals surface area contributed by atoms with E-state index in [2.05, 4.69) is 10.6 Å². The molecule has 7 heteroatoms. The first kappa shape index (κ1) is 17.6. The van der Waals surface area contributed by atoms with Crippen LogP contribution < -0.4 is 15.4 Å². The van der Waals surface area contributed by atoms with Crippen molar-refractivity contribution in [2.24, 2.45) is 0 Å². The molecule has 6 nitrogen and oxygen atoms in total. The third kappa shape index (κ3) is 4.46. The van der Waals surface area contributed by atoms with Crippen LogP contribution in [-0.4, -0.2) is 18.6 Å². The highest BCUT2D eigenvalue weighted by atomic mass is 19.1. The summed E-state index contributed by atoms with van der Waals surface area (Å²) in [5, 5.41) is 5.33. The maximum absolute atomic E-state index is 13.7. The first-order valence-corrected chi connectivity index (χ1v) is 7.91. The van der Waals surface area contributed by atoms with Gasteiger partial charge in [-0.15, -0.1) is 0 Å². The van der Waals surface area contributed by atoms with Gasteiger partial charge in [0.1, 0.15) is 11.6 Å². The zero-order valence-electron chi connectivity index (χ0n) is 14.0. The van der Waals surface area contributed by atoms with Crippen molar-refractivity contribution in [1.82, 2.24) is 0 Å². The number of anilines is 2. The molecule has 1 aliphatic heterocycles. The zero-order valence-corrected chi connectivity index (χ0v) is 14.0. The number of carbonyl (C=O) groups excluding carboxylic acids is 2. The molecule has 0 radical (unpaired) electrons. The van der Waals surface area contributed by atoms with Crippen molar-refractivity contribution < 1.29 is 23.5 Å². The molecular formula is C19H17FN2O4. The van der Waals surface area contributed by atoms with Crippen LogP contribution in [0.2, 0.25) is 0 Å². The number of amides is 2. The zero-order chi connectivity index (χ0) is 18.5. The molecule has 0 aliphatic carbocycles. The molecule has 0 saturated heterocycles. The highest BCUT2D eigenvalue weighted by molar-refractivity contribution is 6.02. The summed E-state index contributed by atoms with van der Waals surface area (Å²) in [6.45, 7) is 1.77. The molecule has 0 atom stereocenters. The summed E-state index contributed by atoms with van der Waals surface area (Å²) < 4.78 is 24.2. The summed E-state index contributed by atoms with van der Waals surface area (Å²) in [7, 11) is 0. The van der Waals surface area contributed by atoms with Gasteiger partial charge in [-0.1, -0.05) is 0 Å². The van der Waals surface area contributed by atoms with Crippen LogP contribution in [0.25, 0.3) is 6.08 Å². The normalized spacial score (nSPS) is 13.0. The minimum Gasteiger partial charge on any atom is -0.467 e. The second-order valence-corrected chi connectivity index (χ2v) is 5.68. The lowest BCUT2D eigenvalue weighted by Gasteiger charge is -2.19. The van der Waals surface area contributed by atoms with Gasteiger partial charge in [-0.25, -0.2) is 4.39 Å². The van der Waals surface area contributed by atoms with Crippen LogP contribution in [-0.2, 0) is 20.9 Å². The summed E-state index contributed by atoms with van der Waals surface area (Å²) in [4.78, 5) is 23.1. The van der Waals surface area contributed by atoms with Gasteiger partial charge in [0.2, 0.25) is 11.8 Å². The lowest BCUT2D eigenvalue weighted by atomic mass is 10.1. The number of nitrogens with one attached hydrogen (secondary N) is 2. The predicted octanol–water partition coefficient (Wildman–Crippen LogP) is 3.30. The van der Waals surface area contributed by atoms with Crippen LogP contribution >= 0.6 is 0 Å². The first-order valence-electron chi connectivity index (χ1n) is 7.91. The van der Waals surface area contributed by atoms with Crippen molar-refractivity contribution in [3.63, 3.8) is 0 Å². The average Bonchev–Trinajstić information content (AvgIpc) is 2.61. The molecule has 0 spiro atoms. The molecule has 3 rings (SSSR count). The molecule has 0 fully saturated rings. The Morgan fingerprint density at radius 1 is 1.12 bits per heavy atom. The fourth-order valence-electron chi connectivity index (χ4n) is 2.52. The summed E-state index contributed by atoms with van der Waals surface area (Å²) in [5.41, 5.74) is 2.28. The first-order chi connectivity index (χ1) is 12.5. The van der Waals surface area contributed by atoms with Crippen LogP contribution in [0.1, 0.15) is 18.1 Å². The SMILES string of the molecule is CC(=O)Nc1ccc(NC(=O)C=Cc2cc(F)cc3c2OCOC3)cc1. The minimum atomic E-state index is -0.425. The third-order valence-corrected chi connectivity index (χ3v) is 3.59. The van der Waals surface area contributed by atoms with E-state index >= 15 is 0 Å². The van der Waals surface area contributed by atoms with E-state index in [-0.39, 0.29) is 25.2 Å². The molecular weight excluding hydrogens is 339 g/mol. The fourth-order valence-corrected chi connectivity index (χ4v) is 2.52. The molecule has 0 unspecified atom stereocenters. The Morgan fingerprint density at radius 2 is 1.81 bits per heavy atom. The van der Waals surface area contributed by atoms with Crippen LogP contribution in [0.3, 0.4) is 0 Å². The van der Waals surface area contributed by atoms with Crippen molar-refractivity contribution in [3.05, 3.63) is 59.4 Å². The van der Waals surface area contributed by atoms with E-state index < -0.39 is 5.82 Å². The van der Waals surface area contributed by atoms with Crippen LogP contribution in [0.4, 0.5) is 15.8 Å². The van der Waals surface area contributed by atoms with Crippen LogP contribution in [0.15, 0.2) is 42.5 Å². The lowest BCUT2D eigenvalue weighted by molar-refractivity contribution is -0.114. The summed E-state index contributed by atoms with van der Waals surface area (Å²) in [5.74, 6) is -0.453. The Balaban J connectivity index is 1.68. The molecule has 2 aromatic rings. The number of hydrogen-bond acceptors (Lipinski definition) is 4. The number of halogens is 1. The van der Waals surface area contributed by atoms with Gasteiger partial charge in [0.05, 0.1) is 6.61 Å². The molecule has 0 aromatic heterocycles. The lowest BCUT2D eigenvalue weighted by Crippen LogP contribution is -2.13. The number of carbonyl (C=O) groups is 2. The van der Waals surface area contributed by atoms with E-state index in [4.69, 9.17) is 9.47 Å². The van der Waals surface area contributed by atoms with Crippen molar-refractivity contribution in [2.45, 2.75) is 13.5 Å². The largest absolute Gasteiger partial charge is 0.467 e. The van der Waals surface area contributed by atoms with Gasteiger partial charge in [-0.05, 0) is 42.5 Å². The van der Waals surface area contributed by atoms with Gasteiger partial charge in [-0.2, -0.15) is 0 Å². The number of benzene rings is 2. The Morgan fingerprint density at radius 3 is 2.50 bits per heavy atom. The van der Waals surface area contributed by atoms with Crippen LogP contribution in [0.5, 0.6) is 5.75 Å². The Kier molecular flexibility index (Phi) is 5.28. The molecule has 1 heterocycles. The van der Waals surface area contributed by atoms with Gasteiger partial charge in [0.25, 0.3) is 0 Å². The highest BCUT2D eigenvalue weighted by Crippen LogP contribution is 2.30. The smallest absolute Gasteiger partial charge is 0.248 e. The second kappa shape index (κ2) is 7.79. The third-order valence-electron chi connectivity index (χ3n) is 3.59. The summed E-state index contributed by atoms with van der Waals surface area (Å²) in [6.07, 6.45) is 2.80. The predicted molar refractivity (Wildman–Crippen MR) is 95.1 cm³/mol. The summed E-state index contributed by atoms with van der Waals surface area (Å²) >= 11 is 0. The van der Waals surface area contributed by atoms with E-state index in [1.165, 1.54) is 31.2 Å². The van der Waals surface area contributed by atoms with Crippen molar-refractivity contribution in [3.8, 4) is 5.75 Å². The molecule has 2 aromatic carbocycles. The van der Waals surface area contributed by atoms with E-state index in [0.717, 1.165) is 0 Å². The number of fused-ring (bicyclic) bond motifs is 1. The molecule has 2 amide bonds. The second-order valence-electron chi connectivity index (χ2n) is 5.68. The number of rotatable bonds is 4. The number of ether oxygens (including phenoxy) is 2. The van der Waals surface area contributed by atoms with Gasteiger partial charge in [0.15, 0.2) is 6.79 Å². The average molecular weight is 356 g/mol. The van der Waals surface area contributed by atoms with Gasteiger partial charge < -0.3 is 20.1 Å². The van der Waals surface area contributed by atoms with Gasteiger partial charge >= 0.3 is 0 Å². The van der Waals surface area contributed by atoms with Crippen molar-refractivity contribution >= 4 is 29.3 Å². The Labute approximate surface area is 149 Å². The van der Waals surface area contributed by atoms with Gasteiger partial charge in [0, 0.05) is 35.5 Å². The van der Waals surface area contributed by atoms with E-state index in [0.29, 0.717) is 28.3 Å². The maximum Gasteiger partial charge on any atom is 0.248 e. The van der Waals surface area contributed by atoms with Crippen molar-refractivity contribution in [1.29, 1.82) is 0 Å². The molecule has 0 saturated carbocycles. The van der Waals surface area contributed by atoms with E-state index in [9.17, 15) is 14.0 Å². The number of hydrogen-bond donors (Lipinski definition) is 2. The minimum absolute atomic E-state index is 0.0896. The summed E-state index contributed by atoms with van der Waals surface area (Å²) in [6, 6.07) is 9.34. The van der Waals surface area contributed by atoms with Crippen LogP contribution in [0, 0.1) is 5.82 Å². The van der Waals surface area contributed by atoms with E-state index in [1.807, 2.05) is 0 Å². The Hall–Kier alpha value is -3.19. The van der Waals surface area contributed by atoms with Crippen molar-refractivity contribution in [2.75, 3.05) is 17.4 Å². The fraction of sp³-hybridized carbons (Fsp3) is 0.158. The monoisotopic (exact) mass is 356 g/mol. The molecule has 2 N–H and O–H groups in total. The molecule has 134 valence electrons. The Bertz CT molecular complexity index is 863. The standard InChI is InChI=1S/C19H17FN2O4/c1-12(23)21-16-3-5-17(6-4-16)22-18(24)7-2-13-8-15(20)9-14-10-25-11-26-19(13)14/h2-9H,10-11H2,1H3,(H,21,23)(H,22,24). The molecule has 0 bridgehead atoms. The molecule has 26 heavy (non-hydrogen) atoms. The van der Waals surface area contributed by atoms with Gasteiger partial charge in [-0.3, -0.25) is 9.59 Å². The highest BCUT2D eigenvalue weighted by Gasteiger charge is 2.15. The quantitative estimate of drug-likeness (QED) is 0.824. The molecule has 1 aliphatic rings. The maximum atomic E-state index is 13.7. The topological polar surface area (TPSA) is 76.7 Å².